The minimum absolute atomic E-state index is 0.0346. The molecule has 1 saturated carbocycles. The van der Waals surface area contributed by atoms with Crippen molar-refractivity contribution in [1.82, 2.24) is 14.8 Å². The minimum Gasteiger partial charge on any atom is -0.341 e. The van der Waals surface area contributed by atoms with Gasteiger partial charge in [0.05, 0.1) is 11.4 Å². The fourth-order valence-electron chi connectivity index (χ4n) is 3.19. The van der Waals surface area contributed by atoms with Crippen LogP contribution in [0.3, 0.4) is 0 Å². The Balaban J connectivity index is 1.42. The van der Waals surface area contributed by atoms with Gasteiger partial charge in [-0.25, -0.2) is 0 Å². The number of hydrogen-bond acceptors (Lipinski definition) is 5. The summed E-state index contributed by atoms with van der Waals surface area (Å²) in [5.74, 6) is 1.27. The zero-order valence-electron chi connectivity index (χ0n) is 14.7. The molecular formula is C18H22BrN5OS. The molecule has 1 saturated heterocycles. The van der Waals surface area contributed by atoms with Crippen LogP contribution in [0.2, 0.25) is 0 Å². The second kappa shape index (κ2) is 7.60. The molecule has 0 unspecified atom stereocenters. The summed E-state index contributed by atoms with van der Waals surface area (Å²) in [6.45, 7) is 4.13. The number of thioether (sulfide) groups is 1. The van der Waals surface area contributed by atoms with Crippen molar-refractivity contribution in [3.05, 3.63) is 28.2 Å². The van der Waals surface area contributed by atoms with E-state index < -0.39 is 0 Å². The van der Waals surface area contributed by atoms with Crippen LogP contribution in [0.4, 0.5) is 11.6 Å². The van der Waals surface area contributed by atoms with Gasteiger partial charge < -0.3 is 10.2 Å². The van der Waals surface area contributed by atoms with Crippen molar-refractivity contribution in [2.45, 2.75) is 43.8 Å². The number of nitrogens with zero attached hydrogens (tertiary/aromatic N) is 4. The Morgan fingerprint density at radius 1 is 1.31 bits per heavy atom. The fourth-order valence-corrected chi connectivity index (χ4v) is 4.58. The van der Waals surface area contributed by atoms with Crippen LogP contribution in [0.5, 0.6) is 0 Å². The van der Waals surface area contributed by atoms with Crippen LogP contribution in [-0.2, 0) is 4.79 Å². The van der Waals surface area contributed by atoms with Gasteiger partial charge in [0.25, 0.3) is 0 Å². The van der Waals surface area contributed by atoms with Crippen LogP contribution >= 0.6 is 27.7 Å². The Labute approximate surface area is 165 Å². The Morgan fingerprint density at radius 3 is 2.77 bits per heavy atom. The van der Waals surface area contributed by atoms with Gasteiger partial charge in [0, 0.05) is 23.6 Å². The molecule has 1 N–H and O–H groups in total. The lowest BCUT2D eigenvalue weighted by Crippen LogP contribution is -2.22. The first-order valence-electron chi connectivity index (χ1n) is 9.00. The molecule has 0 spiro atoms. The van der Waals surface area contributed by atoms with E-state index in [0.29, 0.717) is 11.8 Å². The lowest BCUT2D eigenvalue weighted by molar-refractivity contribution is -0.113. The van der Waals surface area contributed by atoms with Crippen LogP contribution in [0, 0.1) is 6.92 Å². The third kappa shape index (κ3) is 3.91. The van der Waals surface area contributed by atoms with Gasteiger partial charge in [0.2, 0.25) is 11.9 Å². The van der Waals surface area contributed by atoms with E-state index in [-0.39, 0.29) is 5.91 Å². The molecule has 0 atom stereocenters. The lowest BCUT2D eigenvalue weighted by atomic mass is 10.2. The van der Waals surface area contributed by atoms with E-state index in [0.717, 1.165) is 39.9 Å². The summed E-state index contributed by atoms with van der Waals surface area (Å²) < 4.78 is 3.14. The van der Waals surface area contributed by atoms with Crippen molar-refractivity contribution < 1.29 is 4.79 Å². The molecular weight excluding hydrogens is 414 g/mol. The largest absolute Gasteiger partial charge is 0.341 e. The van der Waals surface area contributed by atoms with Crippen LogP contribution < -0.4 is 10.2 Å². The van der Waals surface area contributed by atoms with Gasteiger partial charge in [-0.1, -0.05) is 17.8 Å². The molecule has 4 rings (SSSR count). The lowest BCUT2D eigenvalue weighted by Gasteiger charge is -2.17. The van der Waals surface area contributed by atoms with Crippen molar-refractivity contribution >= 4 is 45.2 Å². The number of aryl methyl sites for hydroxylation is 1. The Kier molecular flexibility index (Phi) is 5.22. The molecule has 1 aromatic heterocycles. The standard InChI is InChI=1S/C18H22BrN5OS/c1-12-4-7-15(14(19)10-12)20-16(25)11-26-18-22-21-17(23-8-2-3-9-23)24(18)13-5-6-13/h4,7,10,13H,2-3,5-6,8-9,11H2,1H3,(H,20,25). The second-order valence-corrected chi connectivity index (χ2v) is 8.69. The molecule has 0 bridgehead atoms. The molecule has 2 aliphatic rings. The van der Waals surface area contributed by atoms with Gasteiger partial charge in [0.1, 0.15) is 0 Å². The predicted molar refractivity (Wildman–Crippen MR) is 108 cm³/mol. The van der Waals surface area contributed by atoms with E-state index in [1.807, 2.05) is 25.1 Å². The predicted octanol–water partition coefficient (Wildman–Crippen LogP) is 4.01. The van der Waals surface area contributed by atoms with Crippen molar-refractivity contribution in [1.29, 1.82) is 0 Å². The van der Waals surface area contributed by atoms with Crippen molar-refractivity contribution in [3.8, 4) is 0 Å². The highest BCUT2D eigenvalue weighted by Crippen LogP contribution is 2.41. The van der Waals surface area contributed by atoms with E-state index in [2.05, 4.69) is 40.9 Å². The quantitative estimate of drug-likeness (QED) is 0.694. The van der Waals surface area contributed by atoms with Crippen LogP contribution in [0.1, 0.15) is 37.3 Å². The third-order valence-corrected chi connectivity index (χ3v) is 6.28. The Bertz CT molecular complexity index is 814. The summed E-state index contributed by atoms with van der Waals surface area (Å²) in [7, 11) is 0. The number of hydrogen-bond donors (Lipinski definition) is 1. The monoisotopic (exact) mass is 435 g/mol. The zero-order chi connectivity index (χ0) is 18.1. The highest BCUT2D eigenvalue weighted by atomic mass is 79.9. The first-order chi connectivity index (χ1) is 12.6. The van der Waals surface area contributed by atoms with Gasteiger partial charge in [-0.05, 0) is 66.2 Å². The topological polar surface area (TPSA) is 63.1 Å². The Morgan fingerprint density at radius 2 is 2.08 bits per heavy atom. The third-order valence-electron chi connectivity index (χ3n) is 4.68. The average Bonchev–Trinajstić information content (AvgIpc) is 3.14. The first kappa shape index (κ1) is 17.9. The molecule has 1 aromatic carbocycles. The fraction of sp³-hybridized carbons (Fsp3) is 0.500. The molecule has 1 aliphatic carbocycles. The van der Waals surface area contributed by atoms with Gasteiger partial charge in [-0.2, -0.15) is 0 Å². The first-order valence-corrected chi connectivity index (χ1v) is 10.8. The van der Waals surface area contributed by atoms with Crippen LogP contribution in [0.15, 0.2) is 27.8 Å². The average molecular weight is 436 g/mol. The summed E-state index contributed by atoms with van der Waals surface area (Å²) in [6.07, 6.45) is 4.78. The number of rotatable bonds is 6. The number of carbonyl (C=O) groups excluding carboxylic acids is 1. The highest BCUT2D eigenvalue weighted by molar-refractivity contribution is 9.10. The van der Waals surface area contributed by atoms with Gasteiger partial charge in [-0.3, -0.25) is 9.36 Å². The molecule has 2 aromatic rings. The van der Waals surface area contributed by atoms with Gasteiger partial charge in [0.15, 0.2) is 5.16 Å². The molecule has 2 heterocycles. The molecule has 1 aliphatic heterocycles. The molecule has 138 valence electrons. The maximum atomic E-state index is 12.4. The molecule has 6 nitrogen and oxygen atoms in total. The van der Waals surface area contributed by atoms with Crippen LogP contribution in [-0.4, -0.2) is 39.5 Å². The van der Waals surface area contributed by atoms with Gasteiger partial charge in [-0.15, -0.1) is 10.2 Å². The molecule has 0 radical (unpaired) electrons. The number of anilines is 2. The summed E-state index contributed by atoms with van der Waals surface area (Å²) in [4.78, 5) is 14.7. The highest BCUT2D eigenvalue weighted by Gasteiger charge is 2.32. The van der Waals surface area contributed by atoms with E-state index >= 15 is 0 Å². The number of aromatic nitrogens is 3. The molecule has 2 fully saturated rings. The molecule has 8 heteroatoms. The van der Waals surface area contributed by atoms with E-state index in [9.17, 15) is 4.79 Å². The van der Waals surface area contributed by atoms with Crippen molar-refractivity contribution in [2.24, 2.45) is 0 Å². The number of carbonyl (C=O) groups is 1. The maximum absolute atomic E-state index is 12.4. The minimum atomic E-state index is -0.0346. The van der Waals surface area contributed by atoms with E-state index in [1.54, 1.807) is 0 Å². The number of benzene rings is 1. The second-order valence-electron chi connectivity index (χ2n) is 6.90. The maximum Gasteiger partial charge on any atom is 0.234 e. The van der Waals surface area contributed by atoms with Crippen molar-refractivity contribution in [3.63, 3.8) is 0 Å². The number of amides is 1. The summed E-state index contributed by atoms with van der Waals surface area (Å²) >= 11 is 4.96. The zero-order valence-corrected chi connectivity index (χ0v) is 17.1. The van der Waals surface area contributed by atoms with Gasteiger partial charge >= 0.3 is 0 Å². The summed E-state index contributed by atoms with van der Waals surface area (Å²) in [5, 5.41) is 12.6. The number of nitrogens with one attached hydrogen (secondary N) is 1. The number of halogens is 1. The normalized spacial score (nSPS) is 16.9. The molecule has 26 heavy (non-hydrogen) atoms. The Hall–Kier alpha value is -1.54. The summed E-state index contributed by atoms with van der Waals surface area (Å²) in [5.41, 5.74) is 1.94. The van der Waals surface area contributed by atoms with E-state index in [4.69, 9.17) is 0 Å². The van der Waals surface area contributed by atoms with Crippen molar-refractivity contribution in [2.75, 3.05) is 29.1 Å². The summed E-state index contributed by atoms with van der Waals surface area (Å²) in [6, 6.07) is 6.39. The SMILES string of the molecule is Cc1ccc(NC(=O)CSc2nnc(N3CCCC3)n2C2CC2)c(Br)c1. The molecule has 1 amide bonds. The van der Waals surface area contributed by atoms with Crippen LogP contribution in [0.25, 0.3) is 0 Å². The smallest absolute Gasteiger partial charge is 0.234 e. The van der Waals surface area contributed by atoms with E-state index in [1.165, 1.54) is 37.4 Å².